The molecule has 1 aromatic heterocycles. The third-order valence-electron chi connectivity index (χ3n) is 3.20. The number of nitrogens with two attached hydrogens (primary N) is 1. The van der Waals surface area contributed by atoms with Crippen molar-refractivity contribution in [2.45, 2.75) is 33.2 Å². The van der Waals surface area contributed by atoms with Crippen LogP contribution in [0.15, 0.2) is 22.7 Å². The SMILES string of the molecule is CCC(C)(C(=O)NC(C)c1cccs1)/C(N)=N/O. The van der Waals surface area contributed by atoms with Gasteiger partial charge in [0.05, 0.1) is 6.04 Å². The molecule has 0 aromatic carbocycles. The van der Waals surface area contributed by atoms with Gasteiger partial charge in [-0.15, -0.1) is 11.3 Å². The van der Waals surface area contributed by atoms with E-state index in [9.17, 15) is 4.79 Å². The first kappa shape index (κ1) is 14.5. The number of hydrogen-bond donors (Lipinski definition) is 3. The van der Waals surface area contributed by atoms with Gasteiger partial charge in [0.2, 0.25) is 5.91 Å². The summed E-state index contributed by atoms with van der Waals surface area (Å²) in [6, 6.07) is 3.81. The van der Waals surface area contributed by atoms with Gasteiger partial charge in [0, 0.05) is 4.88 Å². The van der Waals surface area contributed by atoms with Gasteiger partial charge in [-0.25, -0.2) is 0 Å². The lowest BCUT2D eigenvalue weighted by Gasteiger charge is -2.27. The van der Waals surface area contributed by atoms with Gasteiger partial charge >= 0.3 is 0 Å². The molecule has 1 amide bonds. The molecular weight excluding hydrogens is 250 g/mol. The summed E-state index contributed by atoms with van der Waals surface area (Å²) < 4.78 is 0. The zero-order valence-electron chi connectivity index (χ0n) is 10.8. The van der Waals surface area contributed by atoms with Gasteiger partial charge in [-0.1, -0.05) is 18.1 Å². The van der Waals surface area contributed by atoms with Crippen molar-refractivity contribution in [3.63, 3.8) is 0 Å². The molecule has 2 unspecified atom stereocenters. The Kier molecular flexibility index (Phi) is 4.72. The molecule has 0 radical (unpaired) electrons. The van der Waals surface area contributed by atoms with E-state index in [1.54, 1.807) is 18.3 Å². The average molecular weight is 269 g/mol. The number of oxime groups is 1. The van der Waals surface area contributed by atoms with Crippen molar-refractivity contribution in [1.29, 1.82) is 0 Å². The van der Waals surface area contributed by atoms with Gasteiger partial charge < -0.3 is 16.3 Å². The van der Waals surface area contributed by atoms with Crippen LogP contribution >= 0.6 is 11.3 Å². The second-order valence-corrected chi connectivity index (χ2v) is 5.36. The first-order chi connectivity index (χ1) is 8.45. The highest BCUT2D eigenvalue weighted by molar-refractivity contribution is 7.10. The van der Waals surface area contributed by atoms with E-state index in [0.29, 0.717) is 6.42 Å². The molecule has 4 N–H and O–H groups in total. The van der Waals surface area contributed by atoms with Crippen molar-refractivity contribution in [2.24, 2.45) is 16.3 Å². The zero-order valence-corrected chi connectivity index (χ0v) is 11.6. The van der Waals surface area contributed by atoms with E-state index in [-0.39, 0.29) is 17.8 Å². The Hall–Kier alpha value is -1.56. The predicted molar refractivity (Wildman–Crippen MR) is 72.7 cm³/mol. The molecule has 5 nitrogen and oxygen atoms in total. The Bertz CT molecular complexity index is 431. The summed E-state index contributed by atoms with van der Waals surface area (Å²) in [6.07, 6.45) is 0.464. The molecule has 0 saturated heterocycles. The Morgan fingerprint density at radius 2 is 2.39 bits per heavy atom. The van der Waals surface area contributed by atoms with Crippen LogP contribution in [-0.4, -0.2) is 17.0 Å². The molecular formula is C12H19N3O2S. The first-order valence-corrected chi connectivity index (χ1v) is 6.66. The van der Waals surface area contributed by atoms with Crippen LogP contribution < -0.4 is 11.1 Å². The second-order valence-electron chi connectivity index (χ2n) is 4.38. The smallest absolute Gasteiger partial charge is 0.234 e. The minimum Gasteiger partial charge on any atom is -0.409 e. The van der Waals surface area contributed by atoms with Crippen molar-refractivity contribution >= 4 is 23.1 Å². The van der Waals surface area contributed by atoms with Crippen molar-refractivity contribution in [3.05, 3.63) is 22.4 Å². The van der Waals surface area contributed by atoms with Crippen molar-refractivity contribution in [3.8, 4) is 0 Å². The Morgan fingerprint density at radius 3 is 2.83 bits per heavy atom. The van der Waals surface area contributed by atoms with Gasteiger partial charge in [0.1, 0.15) is 5.41 Å². The van der Waals surface area contributed by atoms with E-state index in [2.05, 4.69) is 10.5 Å². The van der Waals surface area contributed by atoms with Crippen molar-refractivity contribution in [2.75, 3.05) is 0 Å². The third-order valence-corrected chi connectivity index (χ3v) is 4.25. The Balaban J connectivity index is 2.81. The van der Waals surface area contributed by atoms with Crippen LogP contribution in [0.1, 0.15) is 38.1 Å². The van der Waals surface area contributed by atoms with Crippen molar-refractivity contribution in [1.82, 2.24) is 5.32 Å². The van der Waals surface area contributed by atoms with Crippen LogP contribution in [0.4, 0.5) is 0 Å². The van der Waals surface area contributed by atoms with E-state index in [4.69, 9.17) is 10.9 Å². The molecule has 0 bridgehead atoms. The number of rotatable bonds is 5. The number of nitrogens with one attached hydrogen (secondary N) is 1. The molecule has 0 aliphatic rings. The molecule has 18 heavy (non-hydrogen) atoms. The predicted octanol–water partition coefficient (Wildman–Crippen LogP) is 2.09. The fourth-order valence-electron chi connectivity index (χ4n) is 1.53. The van der Waals surface area contributed by atoms with E-state index in [0.717, 1.165) is 4.88 Å². The van der Waals surface area contributed by atoms with Crippen LogP contribution in [-0.2, 0) is 4.79 Å². The lowest BCUT2D eigenvalue weighted by atomic mass is 9.85. The summed E-state index contributed by atoms with van der Waals surface area (Å²) in [5.74, 6) is -0.304. The van der Waals surface area contributed by atoms with Crippen LogP contribution in [0, 0.1) is 5.41 Å². The summed E-state index contributed by atoms with van der Waals surface area (Å²) in [7, 11) is 0. The molecule has 100 valence electrons. The van der Waals surface area contributed by atoms with E-state index in [1.165, 1.54) is 0 Å². The number of carbonyl (C=O) groups excluding carboxylic acids is 1. The summed E-state index contributed by atoms with van der Waals surface area (Å²) in [4.78, 5) is 13.3. The van der Waals surface area contributed by atoms with Gasteiger partial charge in [-0.05, 0) is 31.7 Å². The molecule has 0 spiro atoms. The van der Waals surface area contributed by atoms with Crippen LogP contribution in [0.25, 0.3) is 0 Å². The quantitative estimate of drug-likeness (QED) is 0.331. The molecule has 6 heteroatoms. The normalized spacial score (nSPS) is 16.9. The van der Waals surface area contributed by atoms with Gasteiger partial charge in [0.15, 0.2) is 5.84 Å². The van der Waals surface area contributed by atoms with Crippen molar-refractivity contribution < 1.29 is 10.0 Å². The topological polar surface area (TPSA) is 87.7 Å². The first-order valence-electron chi connectivity index (χ1n) is 5.78. The van der Waals surface area contributed by atoms with Gasteiger partial charge in [-0.3, -0.25) is 4.79 Å². The van der Waals surface area contributed by atoms with Crippen LogP contribution in [0.3, 0.4) is 0 Å². The number of carbonyl (C=O) groups is 1. The Labute approximate surface area is 111 Å². The number of hydrogen-bond acceptors (Lipinski definition) is 4. The maximum atomic E-state index is 12.2. The zero-order chi connectivity index (χ0) is 13.8. The summed E-state index contributed by atoms with van der Waals surface area (Å²) >= 11 is 1.58. The van der Waals surface area contributed by atoms with E-state index < -0.39 is 5.41 Å². The molecule has 1 rings (SSSR count). The fraction of sp³-hybridized carbons (Fsp3) is 0.500. The molecule has 1 heterocycles. The molecule has 2 atom stereocenters. The molecule has 0 fully saturated rings. The standard InChI is InChI=1S/C12H19N3O2S/c1-4-12(3,10(13)15-17)11(16)14-8(2)9-6-5-7-18-9/h5-8,17H,4H2,1-3H3,(H2,13,15)(H,14,16). The molecule has 0 aliphatic heterocycles. The van der Waals surface area contributed by atoms with Gasteiger partial charge in [0.25, 0.3) is 0 Å². The lowest BCUT2D eigenvalue weighted by molar-refractivity contribution is -0.127. The molecule has 0 aliphatic carbocycles. The summed E-state index contributed by atoms with van der Waals surface area (Å²) in [5.41, 5.74) is 4.61. The second kappa shape index (κ2) is 5.86. The highest BCUT2D eigenvalue weighted by Gasteiger charge is 2.37. The number of thiophene rings is 1. The van der Waals surface area contributed by atoms with Crippen LogP contribution in [0.5, 0.6) is 0 Å². The van der Waals surface area contributed by atoms with E-state index in [1.807, 2.05) is 31.4 Å². The number of amides is 1. The fourth-order valence-corrected chi connectivity index (χ4v) is 2.27. The molecule has 0 saturated carbocycles. The third kappa shape index (κ3) is 2.81. The maximum Gasteiger partial charge on any atom is 0.234 e. The summed E-state index contributed by atoms with van der Waals surface area (Å²) in [5, 5.41) is 16.6. The number of nitrogens with zero attached hydrogens (tertiary/aromatic N) is 1. The van der Waals surface area contributed by atoms with Crippen LogP contribution in [0.2, 0.25) is 0 Å². The number of amidine groups is 1. The lowest BCUT2D eigenvalue weighted by Crippen LogP contribution is -2.48. The largest absolute Gasteiger partial charge is 0.409 e. The minimum absolute atomic E-state index is 0.0686. The maximum absolute atomic E-state index is 12.2. The molecule has 1 aromatic rings. The average Bonchev–Trinajstić information content (AvgIpc) is 2.90. The highest BCUT2D eigenvalue weighted by Crippen LogP contribution is 2.25. The monoisotopic (exact) mass is 269 g/mol. The minimum atomic E-state index is -0.986. The van der Waals surface area contributed by atoms with Gasteiger partial charge in [-0.2, -0.15) is 0 Å². The Morgan fingerprint density at radius 1 is 1.72 bits per heavy atom. The summed E-state index contributed by atoms with van der Waals surface area (Å²) in [6.45, 7) is 5.40. The highest BCUT2D eigenvalue weighted by atomic mass is 32.1. The van der Waals surface area contributed by atoms with E-state index >= 15 is 0 Å².